The third-order valence-electron chi connectivity index (χ3n) is 4.27. The zero-order valence-corrected chi connectivity index (χ0v) is 13.4. The molecule has 0 bridgehead atoms. The zero-order chi connectivity index (χ0) is 15.9. The molecule has 1 amide bonds. The summed E-state index contributed by atoms with van der Waals surface area (Å²) in [5.41, 5.74) is 2.72. The Morgan fingerprint density at radius 3 is 2.61 bits per heavy atom. The van der Waals surface area contributed by atoms with Gasteiger partial charge in [0.15, 0.2) is 0 Å². The van der Waals surface area contributed by atoms with Crippen molar-refractivity contribution in [2.24, 2.45) is 0 Å². The van der Waals surface area contributed by atoms with Crippen LogP contribution in [0.15, 0.2) is 48.8 Å². The number of nitrogens with zero attached hydrogens (tertiary/aromatic N) is 2. The minimum absolute atomic E-state index is 0.125. The third-order valence-corrected chi connectivity index (χ3v) is 4.27. The number of benzene rings is 1. The number of aryl methyl sites for hydroxylation is 1. The molecule has 1 aliphatic rings. The van der Waals surface area contributed by atoms with Gasteiger partial charge in [0.25, 0.3) is 5.91 Å². The van der Waals surface area contributed by atoms with Crippen molar-refractivity contribution in [3.63, 3.8) is 0 Å². The Bertz CT molecular complexity index is 619. The molecule has 1 fully saturated rings. The molecule has 1 aliphatic heterocycles. The van der Waals surface area contributed by atoms with Crippen molar-refractivity contribution in [2.75, 3.05) is 25.0 Å². The van der Waals surface area contributed by atoms with Gasteiger partial charge in [-0.25, -0.2) is 0 Å². The van der Waals surface area contributed by atoms with Crippen molar-refractivity contribution in [2.45, 2.75) is 25.7 Å². The van der Waals surface area contributed by atoms with Crippen LogP contribution in [-0.2, 0) is 6.42 Å². The van der Waals surface area contributed by atoms with Crippen molar-refractivity contribution in [1.29, 1.82) is 0 Å². The Morgan fingerprint density at radius 2 is 1.91 bits per heavy atom. The van der Waals surface area contributed by atoms with Gasteiger partial charge in [-0.3, -0.25) is 9.78 Å². The second-order valence-corrected chi connectivity index (χ2v) is 6.05. The van der Waals surface area contributed by atoms with E-state index in [9.17, 15) is 4.79 Å². The number of hydrogen-bond donors (Lipinski definition) is 1. The number of carbonyl (C=O) groups is 1. The molecule has 23 heavy (non-hydrogen) atoms. The molecule has 1 aromatic heterocycles. The van der Waals surface area contributed by atoms with Crippen LogP contribution in [0.3, 0.4) is 0 Å². The Balaban J connectivity index is 1.47. The fourth-order valence-corrected chi connectivity index (χ4v) is 2.97. The van der Waals surface area contributed by atoms with Gasteiger partial charge >= 0.3 is 0 Å². The number of hydrogen-bond acceptors (Lipinski definition) is 3. The molecule has 4 nitrogen and oxygen atoms in total. The minimum atomic E-state index is -0.125. The van der Waals surface area contributed by atoms with E-state index in [0.717, 1.165) is 12.1 Å². The van der Waals surface area contributed by atoms with Crippen LogP contribution in [0.25, 0.3) is 0 Å². The molecule has 2 heterocycles. The van der Waals surface area contributed by atoms with Gasteiger partial charge in [0.05, 0.1) is 5.56 Å². The van der Waals surface area contributed by atoms with Crippen LogP contribution in [0.1, 0.15) is 35.2 Å². The first kappa shape index (κ1) is 15.7. The summed E-state index contributed by atoms with van der Waals surface area (Å²) in [5.74, 6) is -0.125. The summed E-state index contributed by atoms with van der Waals surface area (Å²) in [7, 11) is 0. The highest BCUT2D eigenvalue weighted by molar-refractivity contribution is 6.03. The molecule has 4 heteroatoms. The van der Waals surface area contributed by atoms with E-state index in [4.69, 9.17) is 0 Å². The largest absolute Gasteiger partial charge is 0.322 e. The van der Waals surface area contributed by atoms with Crippen LogP contribution in [-0.4, -0.2) is 35.4 Å². The highest BCUT2D eigenvalue weighted by Crippen LogP contribution is 2.14. The van der Waals surface area contributed by atoms with E-state index in [-0.39, 0.29) is 5.91 Å². The van der Waals surface area contributed by atoms with Gasteiger partial charge in [0, 0.05) is 18.1 Å². The highest BCUT2D eigenvalue weighted by Gasteiger charge is 2.10. The zero-order valence-electron chi connectivity index (χ0n) is 13.4. The number of amides is 1. The number of pyridine rings is 1. The fourth-order valence-electron chi connectivity index (χ4n) is 2.97. The lowest BCUT2D eigenvalue weighted by atomic mass is 10.1. The fraction of sp³-hybridized carbons (Fsp3) is 0.368. The molecule has 3 rings (SSSR count). The molecule has 1 N–H and O–H groups in total. The smallest absolute Gasteiger partial charge is 0.257 e. The van der Waals surface area contributed by atoms with E-state index in [0.29, 0.717) is 5.56 Å². The first-order valence-electron chi connectivity index (χ1n) is 8.34. The highest BCUT2D eigenvalue weighted by atomic mass is 16.1. The van der Waals surface area contributed by atoms with E-state index in [2.05, 4.69) is 27.3 Å². The first-order valence-corrected chi connectivity index (χ1v) is 8.34. The van der Waals surface area contributed by atoms with E-state index < -0.39 is 0 Å². The number of anilines is 1. The molecule has 1 aromatic carbocycles. The molecule has 0 unspecified atom stereocenters. The van der Waals surface area contributed by atoms with Gasteiger partial charge in [-0.2, -0.15) is 0 Å². The van der Waals surface area contributed by atoms with Crippen LogP contribution >= 0.6 is 0 Å². The summed E-state index contributed by atoms with van der Waals surface area (Å²) in [6.45, 7) is 3.72. The quantitative estimate of drug-likeness (QED) is 0.890. The van der Waals surface area contributed by atoms with Crippen molar-refractivity contribution in [3.8, 4) is 0 Å². The Hall–Kier alpha value is -2.20. The molecular formula is C19H23N3O. The molecule has 120 valence electrons. The Labute approximate surface area is 137 Å². The van der Waals surface area contributed by atoms with Crippen LogP contribution in [0.2, 0.25) is 0 Å². The second-order valence-electron chi connectivity index (χ2n) is 6.05. The molecular weight excluding hydrogens is 286 g/mol. The van der Waals surface area contributed by atoms with Gasteiger partial charge in [0.2, 0.25) is 0 Å². The van der Waals surface area contributed by atoms with Gasteiger partial charge in [0.1, 0.15) is 0 Å². The number of likely N-dealkylation sites (tertiary alicyclic amines) is 1. The van der Waals surface area contributed by atoms with E-state index in [1.165, 1.54) is 44.5 Å². The van der Waals surface area contributed by atoms with Crippen molar-refractivity contribution >= 4 is 11.6 Å². The van der Waals surface area contributed by atoms with Gasteiger partial charge in [-0.1, -0.05) is 12.1 Å². The molecule has 0 saturated carbocycles. The summed E-state index contributed by atoms with van der Waals surface area (Å²) >= 11 is 0. The Kier molecular flexibility index (Phi) is 5.37. The van der Waals surface area contributed by atoms with Crippen LogP contribution < -0.4 is 5.32 Å². The molecule has 1 saturated heterocycles. The summed E-state index contributed by atoms with van der Waals surface area (Å²) in [6.07, 6.45) is 8.22. The lowest BCUT2D eigenvalue weighted by molar-refractivity contribution is 0.102. The number of rotatable bonds is 6. The van der Waals surface area contributed by atoms with Gasteiger partial charge in [-0.05, 0) is 75.1 Å². The van der Waals surface area contributed by atoms with Gasteiger partial charge in [-0.15, -0.1) is 0 Å². The second kappa shape index (κ2) is 7.88. The third kappa shape index (κ3) is 4.63. The minimum Gasteiger partial charge on any atom is -0.322 e. The molecule has 0 atom stereocenters. The predicted molar refractivity (Wildman–Crippen MR) is 92.6 cm³/mol. The summed E-state index contributed by atoms with van der Waals surface area (Å²) in [5, 5.41) is 2.90. The predicted octanol–water partition coefficient (Wildman–Crippen LogP) is 3.36. The lowest BCUT2D eigenvalue weighted by Crippen LogP contribution is -2.20. The normalized spacial score (nSPS) is 14.8. The van der Waals surface area contributed by atoms with Crippen LogP contribution in [0.5, 0.6) is 0 Å². The maximum absolute atomic E-state index is 12.1. The summed E-state index contributed by atoms with van der Waals surface area (Å²) < 4.78 is 0. The molecule has 0 aliphatic carbocycles. The molecule has 0 radical (unpaired) electrons. The molecule has 2 aromatic rings. The monoisotopic (exact) mass is 309 g/mol. The summed E-state index contributed by atoms with van der Waals surface area (Å²) in [4.78, 5) is 18.6. The van der Waals surface area contributed by atoms with Crippen LogP contribution in [0, 0.1) is 0 Å². The van der Waals surface area contributed by atoms with Crippen LogP contribution in [0.4, 0.5) is 5.69 Å². The standard InChI is InChI=1S/C19H23N3O/c23-19(17-6-3-11-20-15-17)21-18-9-7-16(8-10-18)5-4-14-22-12-1-2-13-22/h3,6-11,15H,1-2,4-5,12-14H2,(H,21,23). The van der Waals surface area contributed by atoms with Crippen molar-refractivity contribution < 1.29 is 4.79 Å². The average molecular weight is 309 g/mol. The maximum Gasteiger partial charge on any atom is 0.257 e. The van der Waals surface area contributed by atoms with Crippen molar-refractivity contribution in [1.82, 2.24) is 9.88 Å². The maximum atomic E-state index is 12.1. The number of nitrogens with one attached hydrogen (secondary N) is 1. The van der Waals surface area contributed by atoms with Gasteiger partial charge < -0.3 is 10.2 Å². The average Bonchev–Trinajstić information content (AvgIpc) is 3.11. The molecule has 0 spiro atoms. The van der Waals surface area contributed by atoms with E-state index in [1.807, 2.05) is 12.1 Å². The number of aromatic nitrogens is 1. The first-order chi connectivity index (χ1) is 11.3. The van der Waals surface area contributed by atoms with E-state index >= 15 is 0 Å². The van der Waals surface area contributed by atoms with Crippen molar-refractivity contribution in [3.05, 3.63) is 59.9 Å². The lowest BCUT2D eigenvalue weighted by Gasteiger charge is -2.14. The SMILES string of the molecule is O=C(Nc1ccc(CCCN2CCCC2)cc1)c1cccnc1. The number of carbonyl (C=O) groups excluding carboxylic acids is 1. The summed E-state index contributed by atoms with van der Waals surface area (Å²) in [6, 6.07) is 11.7. The topological polar surface area (TPSA) is 45.2 Å². The Morgan fingerprint density at radius 1 is 1.13 bits per heavy atom. The van der Waals surface area contributed by atoms with E-state index in [1.54, 1.807) is 24.5 Å².